The Labute approximate surface area is 125 Å². The van der Waals surface area contributed by atoms with Crippen molar-refractivity contribution in [3.05, 3.63) is 0 Å². The van der Waals surface area contributed by atoms with Crippen molar-refractivity contribution >= 4 is 21.8 Å². The molecule has 0 aliphatic carbocycles. The van der Waals surface area contributed by atoms with Gasteiger partial charge in [0.15, 0.2) is 9.84 Å². The average molecular weight is 320 g/mol. The van der Waals surface area contributed by atoms with Crippen LogP contribution in [0.2, 0.25) is 0 Å². The number of amides is 2. The Balaban J connectivity index is 2.81. The molecule has 21 heavy (non-hydrogen) atoms. The summed E-state index contributed by atoms with van der Waals surface area (Å²) in [7, 11) is -3.32. The van der Waals surface area contributed by atoms with Crippen molar-refractivity contribution in [2.75, 3.05) is 19.3 Å². The standard InChI is InChI=1S/C13H24N2O5S/c1-12(2,21(4,19)20)9-14-11(18)15-8-6-5-7-13(15,3)10(16)17/h5-9H2,1-4H3,(H,14,18)(H,16,17). The minimum Gasteiger partial charge on any atom is -0.480 e. The van der Waals surface area contributed by atoms with Crippen LogP contribution in [0.4, 0.5) is 4.79 Å². The molecule has 0 aromatic carbocycles. The molecule has 0 radical (unpaired) electrons. The number of urea groups is 1. The minimum absolute atomic E-state index is 0.0587. The first-order chi connectivity index (χ1) is 9.42. The Morgan fingerprint density at radius 2 is 1.90 bits per heavy atom. The van der Waals surface area contributed by atoms with Crippen LogP contribution in [0.1, 0.15) is 40.0 Å². The third-order valence-corrected chi connectivity index (χ3v) is 6.42. The number of likely N-dealkylation sites (tertiary alicyclic amines) is 1. The molecular formula is C13H24N2O5S. The van der Waals surface area contributed by atoms with Gasteiger partial charge in [0.05, 0.1) is 4.75 Å². The van der Waals surface area contributed by atoms with E-state index in [9.17, 15) is 23.1 Å². The average Bonchev–Trinajstić information content (AvgIpc) is 2.35. The fraction of sp³-hybridized carbons (Fsp3) is 0.846. The van der Waals surface area contributed by atoms with Crippen LogP contribution in [0.3, 0.4) is 0 Å². The smallest absolute Gasteiger partial charge is 0.329 e. The van der Waals surface area contributed by atoms with Crippen LogP contribution in [0.5, 0.6) is 0 Å². The molecule has 0 aromatic heterocycles. The topological polar surface area (TPSA) is 104 Å². The molecule has 0 spiro atoms. The maximum Gasteiger partial charge on any atom is 0.329 e. The van der Waals surface area contributed by atoms with Gasteiger partial charge >= 0.3 is 12.0 Å². The molecule has 0 bridgehead atoms. The number of sulfone groups is 1. The van der Waals surface area contributed by atoms with E-state index in [1.165, 1.54) is 25.7 Å². The first-order valence-corrected chi connectivity index (χ1v) is 8.79. The molecule has 0 saturated carbocycles. The second kappa shape index (κ2) is 5.82. The molecule has 0 aromatic rings. The zero-order valence-corrected chi connectivity index (χ0v) is 13.8. The van der Waals surface area contributed by atoms with E-state index in [2.05, 4.69) is 5.32 Å². The molecule has 7 nitrogen and oxygen atoms in total. The number of carbonyl (C=O) groups excluding carboxylic acids is 1. The molecule has 122 valence electrons. The highest BCUT2D eigenvalue weighted by atomic mass is 32.2. The summed E-state index contributed by atoms with van der Waals surface area (Å²) < 4.78 is 22.1. The van der Waals surface area contributed by atoms with Crippen LogP contribution in [-0.4, -0.2) is 60.1 Å². The Hall–Kier alpha value is -1.31. The summed E-state index contributed by atoms with van der Waals surface area (Å²) in [5.74, 6) is -1.04. The van der Waals surface area contributed by atoms with Gasteiger partial charge in [-0.15, -0.1) is 0 Å². The van der Waals surface area contributed by atoms with Gasteiger partial charge in [-0.05, 0) is 40.0 Å². The van der Waals surface area contributed by atoms with E-state index in [-0.39, 0.29) is 6.54 Å². The monoisotopic (exact) mass is 320 g/mol. The minimum atomic E-state index is -3.32. The number of rotatable bonds is 4. The largest absolute Gasteiger partial charge is 0.480 e. The summed E-state index contributed by atoms with van der Waals surface area (Å²) in [4.78, 5) is 25.0. The van der Waals surface area contributed by atoms with Crippen molar-refractivity contribution in [2.24, 2.45) is 0 Å². The van der Waals surface area contributed by atoms with Crippen molar-refractivity contribution in [3.63, 3.8) is 0 Å². The molecule has 1 fully saturated rings. The normalized spacial score (nSPS) is 23.7. The van der Waals surface area contributed by atoms with Crippen LogP contribution in [0.15, 0.2) is 0 Å². The first kappa shape index (κ1) is 17.7. The van der Waals surface area contributed by atoms with Crippen LogP contribution in [0.25, 0.3) is 0 Å². The van der Waals surface area contributed by atoms with Crippen LogP contribution in [0, 0.1) is 0 Å². The summed E-state index contributed by atoms with van der Waals surface area (Å²) in [5, 5.41) is 11.9. The van der Waals surface area contributed by atoms with Gasteiger partial charge in [-0.1, -0.05) is 0 Å². The fourth-order valence-electron chi connectivity index (χ4n) is 2.18. The quantitative estimate of drug-likeness (QED) is 0.799. The van der Waals surface area contributed by atoms with Crippen molar-refractivity contribution in [1.82, 2.24) is 10.2 Å². The number of carboxylic acids is 1. The van der Waals surface area contributed by atoms with Gasteiger partial charge in [-0.2, -0.15) is 0 Å². The number of aliphatic carboxylic acids is 1. The molecule has 1 heterocycles. The summed E-state index contributed by atoms with van der Waals surface area (Å²) in [6.45, 7) is 4.87. The Bertz CT molecular complexity index is 529. The second-order valence-corrected chi connectivity index (χ2v) is 9.03. The van der Waals surface area contributed by atoms with E-state index in [0.29, 0.717) is 13.0 Å². The lowest BCUT2D eigenvalue weighted by molar-refractivity contribution is -0.150. The highest BCUT2D eigenvalue weighted by Gasteiger charge is 2.44. The van der Waals surface area contributed by atoms with Gasteiger partial charge in [0.1, 0.15) is 5.54 Å². The number of carboxylic acid groups (broad SMARTS) is 1. The summed E-state index contributed by atoms with van der Waals surface area (Å²) in [6.07, 6.45) is 3.00. The van der Waals surface area contributed by atoms with Crippen molar-refractivity contribution in [1.29, 1.82) is 0 Å². The summed E-state index contributed by atoms with van der Waals surface area (Å²) in [5.41, 5.74) is -1.24. The lowest BCUT2D eigenvalue weighted by atomic mass is 9.89. The van der Waals surface area contributed by atoms with E-state index in [1.54, 1.807) is 0 Å². The van der Waals surface area contributed by atoms with Crippen LogP contribution < -0.4 is 5.32 Å². The Morgan fingerprint density at radius 1 is 1.33 bits per heavy atom. The van der Waals surface area contributed by atoms with Crippen LogP contribution >= 0.6 is 0 Å². The van der Waals surface area contributed by atoms with E-state index in [1.807, 2.05) is 0 Å². The van der Waals surface area contributed by atoms with Gasteiger partial charge in [0, 0.05) is 19.3 Å². The van der Waals surface area contributed by atoms with Gasteiger partial charge in [-0.3, -0.25) is 0 Å². The number of hydrogen-bond donors (Lipinski definition) is 2. The third kappa shape index (κ3) is 3.66. The Kier molecular flexibility index (Phi) is 4.92. The molecule has 1 aliphatic heterocycles. The number of carbonyl (C=O) groups is 2. The van der Waals surface area contributed by atoms with E-state index < -0.39 is 32.1 Å². The number of piperidine rings is 1. The predicted octanol–water partition coefficient (Wildman–Crippen LogP) is 0.848. The van der Waals surface area contributed by atoms with Crippen LogP contribution in [-0.2, 0) is 14.6 Å². The third-order valence-electron chi connectivity index (χ3n) is 4.27. The number of nitrogens with zero attached hydrogens (tertiary/aromatic N) is 1. The first-order valence-electron chi connectivity index (χ1n) is 6.90. The molecular weight excluding hydrogens is 296 g/mol. The molecule has 1 saturated heterocycles. The molecule has 8 heteroatoms. The van der Waals surface area contributed by atoms with E-state index >= 15 is 0 Å². The maximum atomic E-state index is 12.2. The van der Waals surface area contributed by atoms with Gasteiger partial charge in [0.25, 0.3) is 0 Å². The zero-order chi connectivity index (χ0) is 16.5. The Morgan fingerprint density at radius 3 is 2.38 bits per heavy atom. The molecule has 1 aliphatic rings. The van der Waals surface area contributed by atoms with E-state index in [4.69, 9.17) is 0 Å². The SMILES string of the molecule is CC1(C(=O)O)CCCCN1C(=O)NCC(C)(C)S(C)(=O)=O. The predicted molar refractivity (Wildman–Crippen MR) is 78.9 cm³/mol. The van der Waals surface area contributed by atoms with Crippen molar-refractivity contribution < 1.29 is 23.1 Å². The number of hydrogen-bond acceptors (Lipinski definition) is 4. The maximum absolute atomic E-state index is 12.2. The zero-order valence-electron chi connectivity index (χ0n) is 13.0. The molecule has 1 rings (SSSR count). The van der Waals surface area contributed by atoms with Gasteiger partial charge in [-0.25, -0.2) is 18.0 Å². The highest BCUT2D eigenvalue weighted by molar-refractivity contribution is 7.92. The number of nitrogens with one attached hydrogen (secondary N) is 1. The lowest BCUT2D eigenvalue weighted by Gasteiger charge is -2.41. The van der Waals surface area contributed by atoms with Crippen molar-refractivity contribution in [3.8, 4) is 0 Å². The van der Waals surface area contributed by atoms with Crippen molar-refractivity contribution in [2.45, 2.75) is 50.3 Å². The fourth-order valence-corrected chi connectivity index (χ4v) is 2.52. The molecule has 2 N–H and O–H groups in total. The molecule has 1 atom stereocenters. The lowest BCUT2D eigenvalue weighted by Crippen LogP contribution is -2.61. The second-order valence-electron chi connectivity index (χ2n) is 6.38. The van der Waals surface area contributed by atoms with Gasteiger partial charge in [0.2, 0.25) is 0 Å². The van der Waals surface area contributed by atoms with Gasteiger partial charge < -0.3 is 15.3 Å². The highest BCUT2D eigenvalue weighted by Crippen LogP contribution is 2.28. The summed E-state index contributed by atoms with van der Waals surface area (Å²) >= 11 is 0. The summed E-state index contributed by atoms with van der Waals surface area (Å²) in [6, 6.07) is -0.531. The molecule has 2 amide bonds. The van der Waals surface area contributed by atoms with E-state index in [0.717, 1.165) is 19.1 Å². The molecule has 1 unspecified atom stereocenters.